The third-order valence-corrected chi connectivity index (χ3v) is 5.38. The van der Waals surface area contributed by atoms with Crippen molar-refractivity contribution in [3.05, 3.63) is 82.3 Å². The van der Waals surface area contributed by atoms with Crippen molar-refractivity contribution in [3.8, 4) is 17.2 Å². The van der Waals surface area contributed by atoms with Gasteiger partial charge in [-0.1, -0.05) is 30.3 Å². The second-order valence-electron chi connectivity index (χ2n) is 6.71. The van der Waals surface area contributed by atoms with Gasteiger partial charge in [-0.3, -0.25) is 10.1 Å². The SMILES string of the molecule is COc1ccc(NC(=S)NC(=O)c2ccc(OCCc3ccccc3)c(Br)c2)cc1OC. The molecule has 1 amide bonds. The van der Waals surface area contributed by atoms with Gasteiger partial charge in [-0.15, -0.1) is 0 Å². The summed E-state index contributed by atoms with van der Waals surface area (Å²) in [5.41, 5.74) is 2.31. The summed E-state index contributed by atoms with van der Waals surface area (Å²) < 4.78 is 17.0. The number of hydrogen-bond donors (Lipinski definition) is 2. The first-order valence-electron chi connectivity index (χ1n) is 9.81. The third-order valence-electron chi connectivity index (χ3n) is 4.55. The molecule has 0 aromatic heterocycles. The van der Waals surface area contributed by atoms with Gasteiger partial charge in [0.1, 0.15) is 5.75 Å². The maximum atomic E-state index is 12.6. The van der Waals surface area contributed by atoms with Crippen LogP contribution in [-0.2, 0) is 6.42 Å². The van der Waals surface area contributed by atoms with E-state index in [1.807, 2.05) is 18.2 Å². The van der Waals surface area contributed by atoms with Gasteiger partial charge in [-0.2, -0.15) is 0 Å². The Hall–Kier alpha value is -3.10. The Labute approximate surface area is 201 Å². The predicted molar refractivity (Wildman–Crippen MR) is 133 cm³/mol. The molecule has 0 saturated carbocycles. The van der Waals surface area contributed by atoms with Crippen LogP contribution < -0.4 is 24.8 Å². The second kappa shape index (κ2) is 11.5. The van der Waals surface area contributed by atoms with Crippen LogP contribution in [0.4, 0.5) is 5.69 Å². The molecule has 8 heteroatoms. The molecule has 0 heterocycles. The highest BCUT2D eigenvalue weighted by Crippen LogP contribution is 2.30. The summed E-state index contributed by atoms with van der Waals surface area (Å²) in [4.78, 5) is 12.6. The molecule has 0 unspecified atom stereocenters. The van der Waals surface area contributed by atoms with Crippen molar-refractivity contribution in [2.45, 2.75) is 6.42 Å². The number of rotatable bonds is 8. The van der Waals surface area contributed by atoms with Crippen molar-refractivity contribution in [1.29, 1.82) is 0 Å². The van der Waals surface area contributed by atoms with E-state index < -0.39 is 0 Å². The zero-order chi connectivity index (χ0) is 22.9. The highest BCUT2D eigenvalue weighted by molar-refractivity contribution is 9.10. The van der Waals surface area contributed by atoms with Crippen LogP contribution in [-0.4, -0.2) is 31.8 Å². The van der Waals surface area contributed by atoms with Gasteiger partial charge in [0.15, 0.2) is 16.6 Å². The molecule has 32 heavy (non-hydrogen) atoms. The minimum absolute atomic E-state index is 0.168. The van der Waals surface area contributed by atoms with Crippen molar-refractivity contribution >= 4 is 44.9 Å². The Bertz CT molecular complexity index is 1090. The van der Waals surface area contributed by atoms with Gasteiger partial charge in [0.2, 0.25) is 0 Å². The number of ether oxygens (including phenoxy) is 3. The van der Waals surface area contributed by atoms with Crippen LogP contribution in [0.15, 0.2) is 71.2 Å². The maximum absolute atomic E-state index is 12.6. The Morgan fingerprint density at radius 1 is 0.938 bits per heavy atom. The average Bonchev–Trinajstić information content (AvgIpc) is 2.80. The van der Waals surface area contributed by atoms with Crippen molar-refractivity contribution in [3.63, 3.8) is 0 Å². The lowest BCUT2D eigenvalue weighted by atomic mass is 10.2. The van der Waals surface area contributed by atoms with Crippen LogP contribution in [0.25, 0.3) is 0 Å². The molecule has 0 aliphatic rings. The monoisotopic (exact) mass is 514 g/mol. The molecular formula is C24H23BrN2O4S. The number of halogens is 1. The van der Waals surface area contributed by atoms with Gasteiger partial charge in [0.25, 0.3) is 5.91 Å². The average molecular weight is 515 g/mol. The molecule has 0 radical (unpaired) electrons. The largest absolute Gasteiger partial charge is 0.493 e. The van der Waals surface area contributed by atoms with Crippen molar-refractivity contribution in [1.82, 2.24) is 5.32 Å². The predicted octanol–water partition coefficient (Wildman–Crippen LogP) is 5.21. The number of thiocarbonyl (C=S) groups is 1. The fraction of sp³-hybridized carbons (Fsp3) is 0.167. The minimum Gasteiger partial charge on any atom is -0.493 e. The van der Waals surface area contributed by atoms with Crippen LogP contribution in [0, 0.1) is 0 Å². The zero-order valence-corrected chi connectivity index (χ0v) is 20.1. The lowest BCUT2D eigenvalue weighted by Crippen LogP contribution is -2.34. The van der Waals surface area contributed by atoms with Crippen LogP contribution in [0.1, 0.15) is 15.9 Å². The molecule has 0 bridgehead atoms. The molecule has 2 N–H and O–H groups in total. The Morgan fingerprint density at radius 3 is 2.34 bits per heavy atom. The lowest BCUT2D eigenvalue weighted by molar-refractivity contribution is 0.0977. The Morgan fingerprint density at radius 2 is 1.66 bits per heavy atom. The minimum atomic E-state index is -0.334. The molecule has 3 rings (SSSR count). The molecule has 0 fully saturated rings. The molecule has 0 saturated heterocycles. The van der Waals surface area contributed by atoms with Crippen LogP contribution in [0.3, 0.4) is 0 Å². The lowest BCUT2D eigenvalue weighted by Gasteiger charge is -2.13. The summed E-state index contributed by atoms with van der Waals surface area (Å²) >= 11 is 8.74. The Kier molecular flexibility index (Phi) is 8.47. The van der Waals surface area contributed by atoms with Gasteiger partial charge in [-0.25, -0.2) is 0 Å². The van der Waals surface area contributed by atoms with E-state index in [-0.39, 0.29) is 11.0 Å². The number of carbonyl (C=O) groups excluding carboxylic acids is 1. The third kappa shape index (κ3) is 6.45. The molecule has 0 spiro atoms. The van der Waals surface area contributed by atoms with E-state index in [9.17, 15) is 4.79 Å². The van der Waals surface area contributed by atoms with Gasteiger partial charge in [-0.05, 0) is 64.0 Å². The number of benzene rings is 3. The summed E-state index contributed by atoms with van der Waals surface area (Å²) in [5, 5.41) is 5.80. The number of anilines is 1. The van der Waals surface area contributed by atoms with E-state index in [1.54, 1.807) is 50.6 Å². The van der Waals surface area contributed by atoms with Crippen molar-refractivity contribution in [2.24, 2.45) is 0 Å². The highest BCUT2D eigenvalue weighted by Gasteiger charge is 2.12. The van der Waals surface area contributed by atoms with Crippen molar-refractivity contribution < 1.29 is 19.0 Å². The first-order valence-corrected chi connectivity index (χ1v) is 11.0. The molecule has 0 atom stereocenters. The van der Waals surface area contributed by atoms with E-state index in [0.717, 1.165) is 6.42 Å². The van der Waals surface area contributed by atoms with E-state index in [2.05, 4.69) is 38.7 Å². The molecule has 0 aliphatic heterocycles. The van der Waals surface area contributed by atoms with Gasteiger partial charge in [0.05, 0.1) is 25.3 Å². The number of carbonyl (C=O) groups is 1. The van der Waals surface area contributed by atoms with Crippen LogP contribution in [0.2, 0.25) is 0 Å². The quantitative estimate of drug-likeness (QED) is 0.402. The number of nitrogens with one attached hydrogen (secondary N) is 2. The molecule has 3 aromatic carbocycles. The summed E-state index contributed by atoms with van der Waals surface area (Å²) in [6, 6.07) is 20.5. The molecule has 6 nitrogen and oxygen atoms in total. The van der Waals surface area contributed by atoms with E-state index in [4.69, 9.17) is 26.4 Å². The molecule has 0 aliphatic carbocycles. The number of hydrogen-bond acceptors (Lipinski definition) is 5. The van der Waals surface area contributed by atoms with E-state index in [1.165, 1.54) is 5.56 Å². The number of methoxy groups -OCH3 is 2. The van der Waals surface area contributed by atoms with Gasteiger partial charge >= 0.3 is 0 Å². The second-order valence-corrected chi connectivity index (χ2v) is 7.97. The number of amides is 1. The fourth-order valence-electron chi connectivity index (χ4n) is 2.93. The fourth-order valence-corrected chi connectivity index (χ4v) is 3.64. The summed E-state index contributed by atoms with van der Waals surface area (Å²) in [7, 11) is 3.11. The first kappa shape index (κ1) is 23.6. The van der Waals surface area contributed by atoms with Crippen molar-refractivity contribution in [2.75, 3.05) is 26.1 Å². The Balaban J connectivity index is 1.55. The standard InChI is InChI=1S/C24H23BrN2O4S/c1-29-21-11-9-18(15-22(21)30-2)26-24(32)27-23(28)17-8-10-20(19(25)14-17)31-13-12-16-6-4-3-5-7-16/h3-11,14-15H,12-13H2,1-2H3,(H2,26,27,28,32). The molecule has 166 valence electrons. The van der Waals surface area contributed by atoms with Gasteiger partial charge < -0.3 is 19.5 Å². The topological polar surface area (TPSA) is 68.8 Å². The van der Waals surface area contributed by atoms with Crippen LogP contribution >= 0.6 is 28.1 Å². The van der Waals surface area contributed by atoms with E-state index >= 15 is 0 Å². The summed E-state index contributed by atoms with van der Waals surface area (Å²) in [5.74, 6) is 1.49. The summed E-state index contributed by atoms with van der Waals surface area (Å²) in [6.07, 6.45) is 0.797. The summed E-state index contributed by atoms with van der Waals surface area (Å²) in [6.45, 7) is 0.535. The van der Waals surface area contributed by atoms with Gasteiger partial charge in [0, 0.05) is 23.7 Å². The van der Waals surface area contributed by atoms with E-state index in [0.29, 0.717) is 39.6 Å². The zero-order valence-electron chi connectivity index (χ0n) is 17.7. The highest BCUT2D eigenvalue weighted by atomic mass is 79.9. The molecular weight excluding hydrogens is 492 g/mol. The normalized spacial score (nSPS) is 10.2. The van der Waals surface area contributed by atoms with Crippen LogP contribution in [0.5, 0.6) is 17.2 Å². The first-order chi connectivity index (χ1) is 15.5. The smallest absolute Gasteiger partial charge is 0.257 e. The molecule has 3 aromatic rings. The maximum Gasteiger partial charge on any atom is 0.257 e.